The summed E-state index contributed by atoms with van der Waals surface area (Å²) in [4.78, 5) is 27.1. The van der Waals surface area contributed by atoms with Crippen molar-refractivity contribution in [3.8, 4) is 0 Å². The molecule has 0 fully saturated rings. The number of aromatic nitrogens is 2. The summed E-state index contributed by atoms with van der Waals surface area (Å²) in [6.07, 6.45) is 6.05. The van der Waals surface area contributed by atoms with E-state index in [0.29, 0.717) is 10.8 Å². The molecule has 3 heterocycles. The third-order valence-corrected chi connectivity index (χ3v) is 6.57. The summed E-state index contributed by atoms with van der Waals surface area (Å²) in [7, 11) is 0. The number of allylic oxidation sites excluding steroid dienone is 2. The first kappa shape index (κ1) is 15.6. The van der Waals surface area contributed by atoms with Crippen LogP contribution < -0.4 is 11.1 Å². The van der Waals surface area contributed by atoms with Crippen molar-refractivity contribution in [2.45, 2.75) is 44.7 Å². The van der Waals surface area contributed by atoms with Gasteiger partial charge in [0.05, 0.1) is 21.9 Å². The van der Waals surface area contributed by atoms with E-state index in [1.807, 2.05) is 36.4 Å². The predicted octanol–water partition coefficient (Wildman–Crippen LogP) is 3.75. The lowest BCUT2D eigenvalue weighted by molar-refractivity contribution is 0.0593. The van der Waals surface area contributed by atoms with Gasteiger partial charge in [-0.25, -0.2) is 9.36 Å². The van der Waals surface area contributed by atoms with Gasteiger partial charge >= 0.3 is 0 Å². The third-order valence-electron chi connectivity index (χ3n) is 6.57. The molecule has 3 aromatic rings. The van der Waals surface area contributed by atoms with Gasteiger partial charge in [0.2, 0.25) is 0 Å². The van der Waals surface area contributed by atoms with Gasteiger partial charge in [0.1, 0.15) is 0 Å². The summed E-state index contributed by atoms with van der Waals surface area (Å²) in [5.74, 6) is 0.227. The van der Waals surface area contributed by atoms with Crippen molar-refractivity contribution in [2.75, 3.05) is 0 Å². The quantitative estimate of drug-likeness (QED) is 0.498. The Morgan fingerprint density at radius 3 is 1.96 bits per heavy atom. The van der Waals surface area contributed by atoms with E-state index < -0.39 is 11.1 Å². The van der Waals surface area contributed by atoms with Crippen molar-refractivity contribution < 1.29 is 0 Å². The lowest BCUT2D eigenvalue weighted by atomic mass is 9.71. The summed E-state index contributed by atoms with van der Waals surface area (Å²) >= 11 is 0. The molecular weight excluding hydrogens is 324 g/mol. The number of fused-ring (bicyclic) bond motifs is 3. The van der Waals surface area contributed by atoms with Crippen molar-refractivity contribution in [3.05, 3.63) is 69.3 Å². The standard InChI is InChI=1S/C22H22N2O2/c1-14(2)22-10-8-21(3,9-11-22)23-19(25)17-12-15-6-4-5-7-16(15)13-18(17)20(26)24(22)23/h4-8,10,12-14H,9,11H2,1-3H3/t21-,22-/m0/s1. The Labute approximate surface area is 151 Å². The van der Waals surface area contributed by atoms with E-state index in [1.54, 1.807) is 9.36 Å². The fourth-order valence-electron chi connectivity index (χ4n) is 4.86. The van der Waals surface area contributed by atoms with Crippen LogP contribution in [0.3, 0.4) is 0 Å². The Bertz CT molecular complexity index is 1230. The molecule has 6 rings (SSSR count). The van der Waals surface area contributed by atoms with E-state index in [1.165, 1.54) is 0 Å². The van der Waals surface area contributed by atoms with Crippen LogP contribution in [0.2, 0.25) is 0 Å². The molecule has 4 heteroatoms. The zero-order valence-electron chi connectivity index (χ0n) is 15.3. The van der Waals surface area contributed by atoms with E-state index in [4.69, 9.17) is 0 Å². The van der Waals surface area contributed by atoms with Crippen LogP contribution in [-0.4, -0.2) is 9.36 Å². The first-order valence-corrected chi connectivity index (χ1v) is 9.30. The first-order valence-electron chi connectivity index (χ1n) is 9.30. The second-order valence-corrected chi connectivity index (χ2v) is 8.32. The topological polar surface area (TPSA) is 44.0 Å². The summed E-state index contributed by atoms with van der Waals surface area (Å²) < 4.78 is 3.50. The van der Waals surface area contributed by atoms with Crippen LogP contribution in [0, 0.1) is 5.92 Å². The van der Waals surface area contributed by atoms with Gasteiger partial charge < -0.3 is 0 Å². The SMILES string of the molecule is CC(C)[C@]12C=C[C@@](C)(CC1)n1c(=O)c3cc4ccccc4cc3c(=O)n12. The van der Waals surface area contributed by atoms with Gasteiger partial charge in [-0.3, -0.25) is 9.59 Å². The molecule has 0 unspecified atom stereocenters. The fourth-order valence-corrected chi connectivity index (χ4v) is 4.86. The molecule has 1 aliphatic carbocycles. The van der Waals surface area contributed by atoms with Crippen molar-refractivity contribution in [3.63, 3.8) is 0 Å². The highest BCUT2D eigenvalue weighted by Gasteiger charge is 2.49. The number of hydrogen-bond acceptors (Lipinski definition) is 2. The highest BCUT2D eigenvalue weighted by Crippen LogP contribution is 2.46. The maximum absolute atomic E-state index is 13.6. The molecule has 0 amide bonds. The molecule has 132 valence electrons. The fraction of sp³-hybridized carbons (Fsp3) is 0.364. The Hall–Kier alpha value is -2.62. The molecule has 26 heavy (non-hydrogen) atoms. The largest absolute Gasteiger partial charge is 0.274 e. The zero-order chi connectivity index (χ0) is 18.3. The summed E-state index contributed by atoms with van der Waals surface area (Å²) in [5, 5.41) is 3.02. The number of rotatable bonds is 1. The highest BCUT2D eigenvalue weighted by molar-refractivity contribution is 5.97. The molecule has 2 atom stereocenters. The summed E-state index contributed by atoms with van der Waals surface area (Å²) in [6.45, 7) is 6.31. The Balaban J connectivity index is 2.03. The van der Waals surface area contributed by atoms with E-state index >= 15 is 0 Å². The first-order chi connectivity index (χ1) is 12.4. The van der Waals surface area contributed by atoms with Crippen LogP contribution in [0.25, 0.3) is 21.5 Å². The van der Waals surface area contributed by atoms with Crippen LogP contribution >= 0.6 is 0 Å². The maximum Gasteiger partial charge on any atom is 0.274 e. The summed E-state index contributed by atoms with van der Waals surface area (Å²) in [5.41, 5.74) is -0.989. The Morgan fingerprint density at radius 2 is 1.46 bits per heavy atom. The van der Waals surface area contributed by atoms with Gasteiger partial charge in [0.25, 0.3) is 11.1 Å². The van der Waals surface area contributed by atoms with Gasteiger partial charge in [-0.15, -0.1) is 0 Å². The minimum atomic E-state index is -0.438. The van der Waals surface area contributed by atoms with Crippen molar-refractivity contribution in [1.82, 2.24) is 9.36 Å². The molecule has 0 radical (unpaired) electrons. The normalized spacial score (nSPS) is 26.8. The molecule has 0 saturated heterocycles. The van der Waals surface area contributed by atoms with Crippen molar-refractivity contribution >= 4 is 21.5 Å². The molecule has 2 aromatic carbocycles. The molecule has 0 spiro atoms. The second-order valence-electron chi connectivity index (χ2n) is 8.32. The van der Waals surface area contributed by atoms with Crippen molar-refractivity contribution in [1.29, 1.82) is 0 Å². The molecular formula is C22H22N2O2. The lowest BCUT2D eigenvalue weighted by Crippen LogP contribution is -2.63. The molecule has 4 nitrogen and oxygen atoms in total. The maximum atomic E-state index is 13.6. The van der Waals surface area contributed by atoms with Crippen LogP contribution in [0.1, 0.15) is 33.6 Å². The number of hydrogen-bond donors (Lipinski definition) is 0. The van der Waals surface area contributed by atoms with Crippen LogP contribution in [0.4, 0.5) is 0 Å². The van der Waals surface area contributed by atoms with Crippen LogP contribution in [0.5, 0.6) is 0 Å². The van der Waals surface area contributed by atoms with Gasteiger partial charge in [-0.05, 0) is 48.6 Å². The molecule has 3 aliphatic rings. The average molecular weight is 346 g/mol. The van der Waals surface area contributed by atoms with E-state index in [-0.39, 0.29) is 17.0 Å². The zero-order valence-corrected chi connectivity index (χ0v) is 15.3. The molecule has 0 saturated carbocycles. The number of benzene rings is 2. The minimum absolute atomic E-state index is 0.0608. The van der Waals surface area contributed by atoms with Gasteiger partial charge in [-0.2, -0.15) is 0 Å². The Kier molecular flexibility index (Phi) is 2.86. The van der Waals surface area contributed by atoms with Crippen molar-refractivity contribution in [2.24, 2.45) is 5.92 Å². The highest BCUT2D eigenvalue weighted by atomic mass is 16.2. The Morgan fingerprint density at radius 1 is 0.885 bits per heavy atom. The van der Waals surface area contributed by atoms with E-state index in [9.17, 15) is 9.59 Å². The minimum Gasteiger partial charge on any atom is -0.267 e. The smallest absolute Gasteiger partial charge is 0.267 e. The second kappa shape index (κ2) is 4.76. The van der Waals surface area contributed by atoms with Gasteiger partial charge in [0.15, 0.2) is 0 Å². The lowest BCUT2D eigenvalue weighted by Gasteiger charge is -2.52. The van der Waals surface area contributed by atoms with Crippen LogP contribution in [-0.2, 0) is 11.1 Å². The third kappa shape index (κ3) is 1.70. The molecule has 1 aromatic heterocycles. The van der Waals surface area contributed by atoms with Crippen LogP contribution in [0.15, 0.2) is 58.1 Å². The monoisotopic (exact) mass is 346 g/mol. The number of nitrogens with zero attached hydrogens (tertiary/aromatic N) is 2. The van der Waals surface area contributed by atoms with Gasteiger partial charge in [0, 0.05) is 0 Å². The van der Waals surface area contributed by atoms with E-state index in [0.717, 1.165) is 23.6 Å². The average Bonchev–Trinajstić information content (AvgIpc) is 2.64. The molecule has 2 aliphatic heterocycles. The summed E-state index contributed by atoms with van der Waals surface area (Å²) in [6, 6.07) is 11.6. The molecule has 0 N–H and O–H groups in total. The van der Waals surface area contributed by atoms with E-state index in [2.05, 4.69) is 32.9 Å². The van der Waals surface area contributed by atoms with Gasteiger partial charge in [-0.1, -0.05) is 50.3 Å². The predicted molar refractivity (Wildman–Crippen MR) is 105 cm³/mol. The molecule has 2 bridgehead atoms.